The molecule has 0 aliphatic heterocycles. The summed E-state index contributed by atoms with van der Waals surface area (Å²) in [7, 11) is 1.57. The number of rotatable bonds is 5. The predicted molar refractivity (Wildman–Crippen MR) is 73.2 cm³/mol. The number of nitrogens with zero attached hydrogens (tertiary/aromatic N) is 2. The predicted octanol–water partition coefficient (Wildman–Crippen LogP) is 1.94. The van der Waals surface area contributed by atoms with Crippen LogP contribution in [0.2, 0.25) is 0 Å². The van der Waals surface area contributed by atoms with E-state index in [1.807, 2.05) is 37.3 Å². The standard InChI is InChI=1S/C14H17N3O2/c1-10-13(15-9-16-14(10)19-2)17-12(8-18)11-6-4-3-5-7-11/h3-7,9,12,18H,8H2,1-2H3,(H,15,16,17). The minimum atomic E-state index is -0.209. The molecule has 0 fully saturated rings. The summed E-state index contributed by atoms with van der Waals surface area (Å²) in [5, 5.41) is 12.7. The van der Waals surface area contributed by atoms with Crippen molar-refractivity contribution in [2.75, 3.05) is 19.0 Å². The molecule has 2 rings (SSSR count). The Balaban J connectivity index is 2.24. The highest BCUT2D eigenvalue weighted by Crippen LogP contribution is 2.24. The van der Waals surface area contributed by atoms with Crippen LogP contribution in [-0.4, -0.2) is 28.8 Å². The molecule has 5 heteroatoms. The number of aliphatic hydroxyl groups is 1. The van der Waals surface area contributed by atoms with E-state index in [9.17, 15) is 5.11 Å². The van der Waals surface area contributed by atoms with Gasteiger partial charge in [-0.05, 0) is 12.5 Å². The summed E-state index contributed by atoms with van der Waals surface area (Å²) in [6.45, 7) is 1.86. The molecule has 19 heavy (non-hydrogen) atoms. The third-order valence-corrected chi connectivity index (χ3v) is 2.93. The van der Waals surface area contributed by atoms with Gasteiger partial charge >= 0.3 is 0 Å². The van der Waals surface area contributed by atoms with Gasteiger partial charge in [0.1, 0.15) is 12.1 Å². The maximum Gasteiger partial charge on any atom is 0.221 e. The number of nitrogens with one attached hydrogen (secondary N) is 1. The molecule has 0 aliphatic rings. The topological polar surface area (TPSA) is 67.3 Å². The summed E-state index contributed by atoms with van der Waals surface area (Å²) in [5.41, 5.74) is 1.82. The van der Waals surface area contributed by atoms with E-state index in [4.69, 9.17) is 4.74 Å². The maximum absolute atomic E-state index is 9.52. The van der Waals surface area contributed by atoms with E-state index in [1.165, 1.54) is 6.33 Å². The van der Waals surface area contributed by atoms with Crippen molar-refractivity contribution >= 4 is 5.82 Å². The van der Waals surface area contributed by atoms with Crippen molar-refractivity contribution < 1.29 is 9.84 Å². The molecule has 0 saturated heterocycles. The van der Waals surface area contributed by atoms with Gasteiger partial charge in [-0.3, -0.25) is 0 Å². The van der Waals surface area contributed by atoms with Crippen molar-refractivity contribution in [2.24, 2.45) is 0 Å². The molecule has 1 heterocycles. The van der Waals surface area contributed by atoms with Crippen LogP contribution in [0.3, 0.4) is 0 Å². The van der Waals surface area contributed by atoms with Crippen molar-refractivity contribution in [1.29, 1.82) is 0 Å². The van der Waals surface area contributed by atoms with Crippen LogP contribution in [0.1, 0.15) is 17.2 Å². The SMILES string of the molecule is COc1ncnc(NC(CO)c2ccccc2)c1C. The summed E-state index contributed by atoms with van der Waals surface area (Å²) >= 11 is 0. The molecule has 1 aromatic carbocycles. The lowest BCUT2D eigenvalue weighted by Gasteiger charge is -2.19. The van der Waals surface area contributed by atoms with Crippen LogP contribution in [0.25, 0.3) is 0 Å². The van der Waals surface area contributed by atoms with E-state index in [1.54, 1.807) is 7.11 Å². The summed E-state index contributed by atoms with van der Waals surface area (Å²) in [5.74, 6) is 1.19. The van der Waals surface area contributed by atoms with Gasteiger partial charge in [0.2, 0.25) is 5.88 Å². The lowest BCUT2D eigenvalue weighted by atomic mass is 10.1. The summed E-state index contributed by atoms with van der Waals surface area (Å²) in [6.07, 6.45) is 1.44. The Labute approximate surface area is 112 Å². The zero-order chi connectivity index (χ0) is 13.7. The van der Waals surface area contributed by atoms with Gasteiger partial charge in [0.15, 0.2) is 0 Å². The molecule has 5 nitrogen and oxygen atoms in total. The van der Waals surface area contributed by atoms with Crippen molar-refractivity contribution in [3.8, 4) is 5.88 Å². The molecule has 0 saturated carbocycles. The summed E-state index contributed by atoms with van der Waals surface area (Å²) < 4.78 is 5.15. The van der Waals surface area contributed by atoms with Gasteiger partial charge in [0, 0.05) is 0 Å². The number of anilines is 1. The molecule has 1 atom stereocenters. The van der Waals surface area contributed by atoms with E-state index in [0.717, 1.165) is 11.1 Å². The van der Waals surface area contributed by atoms with Gasteiger partial charge < -0.3 is 15.2 Å². The summed E-state index contributed by atoms with van der Waals surface area (Å²) in [6, 6.07) is 9.53. The molecule has 100 valence electrons. The quantitative estimate of drug-likeness (QED) is 0.859. The number of aliphatic hydroxyl groups excluding tert-OH is 1. The molecule has 0 aliphatic carbocycles. The number of benzene rings is 1. The zero-order valence-corrected chi connectivity index (χ0v) is 11.0. The minimum Gasteiger partial charge on any atom is -0.481 e. The molecule has 2 N–H and O–H groups in total. The Hall–Kier alpha value is -2.14. The number of aromatic nitrogens is 2. The smallest absolute Gasteiger partial charge is 0.221 e. The first-order chi connectivity index (χ1) is 9.26. The van der Waals surface area contributed by atoms with E-state index in [2.05, 4.69) is 15.3 Å². The Bertz CT molecular complexity index is 531. The average Bonchev–Trinajstić information content (AvgIpc) is 2.47. The van der Waals surface area contributed by atoms with Gasteiger partial charge in [-0.1, -0.05) is 30.3 Å². The minimum absolute atomic E-state index is 0.0181. The Kier molecular flexibility index (Phi) is 4.30. The van der Waals surface area contributed by atoms with Crippen LogP contribution in [0.4, 0.5) is 5.82 Å². The third-order valence-electron chi connectivity index (χ3n) is 2.93. The van der Waals surface area contributed by atoms with Crippen molar-refractivity contribution in [2.45, 2.75) is 13.0 Å². The van der Waals surface area contributed by atoms with E-state index >= 15 is 0 Å². The second kappa shape index (κ2) is 6.15. The van der Waals surface area contributed by atoms with Crippen molar-refractivity contribution in [3.63, 3.8) is 0 Å². The summed E-state index contributed by atoms with van der Waals surface area (Å²) in [4.78, 5) is 8.21. The van der Waals surface area contributed by atoms with Crippen molar-refractivity contribution in [1.82, 2.24) is 9.97 Å². The van der Waals surface area contributed by atoms with E-state index in [0.29, 0.717) is 11.7 Å². The van der Waals surface area contributed by atoms with E-state index in [-0.39, 0.29) is 12.6 Å². The first-order valence-corrected chi connectivity index (χ1v) is 6.04. The van der Waals surface area contributed by atoms with Gasteiger partial charge in [-0.2, -0.15) is 0 Å². The fourth-order valence-corrected chi connectivity index (χ4v) is 1.87. The molecule has 1 unspecified atom stereocenters. The normalized spacial score (nSPS) is 11.9. The van der Waals surface area contributed by atoms with Gasteiger partial charge in [-0.15, -0.1) is 0 Å². The maximum atomic E-state index is 9.52. The number of methoxy groups -OCH3 is 1. The van der Waals surface area contributed by atoms with Crippen molar-refractivity contribution in [3.05, 3.63) is 47.8 Å². The molecule has 0 radical (unpaired) electrons. The molecular formula is C14H17N3O2. The fraction of sp³-hybridized carbons (Fsp3) is 0.286. The van der Waals surface area contributed by atoms with Crippen LogP contribution in [0.5, 0.6) is 5.88 Å². The molecule has 0 bridgehead atoms. The average molecular weight is 259 g/mol. The Morgan fingerprint density at radius 2 is 2.00 bits per heavy atom. The first kappa shape index (κ1) is 13.3. The number of hydrogen-bond donors (Lipinski definition) is 2. The van der Waals surface area contributed by atoms with Crippen LogP contribution >= 0.6 is 0 Å². The lowest BCUT2D eigenvalue weighted by Crippen LogP contribution is -2.16. The second-order valence-corrected chi connectivity index (χ2v) is 4.15. The largest absolute Gasteiger partial charge is 0.481 e. The highest BCUT2D eigenvalue weighted by molar-refractivity contribution is 5.49. The van der Waals surface area contributed by atoms with Gasteiger partial charge in [0.25, 0.3) is 0 Å². The monoisotopic (exact) mass is 259 g/mol. The molecule has 0 spiro atoms. The highest BCUT2D eigenvalue weighted by Gasteiger charge is 2.14. The first-order valence-electron chi connectivity index (χ1n) is 6.04. The molecule has 2 aromatic rings. The molecule has 0 amide bonds. The van der Waals surface area contributed by atoms with Gasteiger partial charge in [-0.25, -0.2) is 9.97 Å². The number of ether oxygens (including phenoxy) is 1. The van der Waals surface area contributed by atoms with Crippen LogP contribution in [-0.2, 0) is 0 Å². The highest BCUT2D eigenvalue weighted by atomic mass is 16.5. The van der Waals surface area contributed by atoms with Crippen LogP contribution in [0.15, 0.2) is 36.7 Å². The molecular weight excluding hydrogens is 242 g/mol. The number of hydrogen-bond acceptors (Lipinski definition) is 5. The molecule has 1 aromatic heterocycles. The lowest BCUT2D eigenvalue weighted by molar-refractivity contribution is 0.276. The second-order valence-electron chi connectivity index (χ2n) is 4.15. The van der Waals surface area contributed by atoms with E-state index < -0.39 is 0 Å². The Morgan fingerprint density at radius 1 is 1.26 bits per heavy atom. The zero-order valence-electron chi connectivity index (χ0n) is 11.0. The Morgan fingerprint density at radius 3 is 2.63 bits per heavy atom. The van der Waals surface area contributed by atoms with Gasteiger partial charge in [0.05, 0.1) is 25.3 Å². The fourth-order valence-electron chi connectivity index (χ4n) is 1.87. The third kappa shape index (κ3) is 3.00. The van der Waals surface area contributed by atoms with Crippen LogP contribution in [0, 0.1) is 6.92 Å². The van der Waals surface area contributed by atoms with Crippen LogP contribution < -0.4 is 10.1 Å².